The number of fused-ring (bicyclic) bond motifs is 1. The van der Waals surface area contributed by atoms with E-state index >= 15 is 0 Å². The summed E-state index contributed by atoms with van der Waals surface area (Å²) < 4.78 is 0. The summed E-state index contributed by atoms with van der Waals surface area (Å²) in [4.78, 5) is 28.2. The molecule has 4 heterocycles. The summed E-state index contributed by atoms with van der Waals surface area (Å²) in [6.45, 7) is 3.73. The van der Waals surface area contributed by atoms with Crippen molar-refractivity contribution in [1.29, 1.82) is 0 Å². The number of amides is 1. The molecule has 172 valence electrons. The molecule has 0 spiro atoms. The molecule has 7 nitrogen and oxygen atoms in total. The van der Waals surface area contributed by atoms with E-state index in [1.807, 2.05) is 36.5 Å². The molecule has 7 heteroatoms. The third-order valence-corrected chi connectivity index (χ3v) is 6.43. The molecule has 3 N–H and O–H groups in total. The Balaban J connectivity index is 1.22. The molecule has 1 atom stereocenters. The molecule has 4 aromatic rings. The predicted octanol–water partition coefficient (Wildman–Crippen LogP) is 4.12. The van der Waals surface area contributed by atoms with Gasteiger partial charge in [0.05, 0.1) is 5.56 Å². The van der Waals surface area contributed by atoms with Crippen molar-refractivity contribution in [3.8, 4) is 0 Å². The van der Waals surface area contributed by atoms with Crippen LogP contribution in [0.4, 0.5) is 11.6 Å². The van der Waals surface area contributed by atoms with Gasteiger partial charge < -0.3 is 16.0 Å². The van der Waals surface area contributed by atoms with Gasteiger partial charge in [-0.3, -0.25) is 9.78 Å². The third kappa shape index (κ3) is 4.69. The average Bonchev–Trinajstić information content (AvgIpc) is 3.29. The first-order valence-corrected chi connectivity index (χ1v) is 11.6. The maximum absolute atomic E-state index is 12.8. The lowest BCUT2D eigenvalue weighted by molar-refractivity contribution is 0.0950. The maximum Gasteiger partial charge on any atom is 0.253 e. The number of hydrogen-bond donors (Lipinski definition) is 2. The van der Waals surface area contributed by atoms with E-state index in [9.17, 15) is 4.79 Å². The first-order chi connectivity index (χ1) is 16.6. The van der Waals surface area contributed by atoms with Gasteiger partial charge in [0.25, 0.3) is 5.91 Å². The van der Waals surface area contributed by atoms with E-state index in [1.165, 1.54) is 12.8 Å². The Labute approximate surface area is 199 Å². The number of carbonyl (C=O) groups excluding carboxylic acids is 1. The summed E-state index contributed by atoms with van der Waals surface area (Å²) in [5.41, 5.74) is 9.53. The molecule has 0 radical (unpaired) electrons. The van der Waals surface area contributed by atoms with Crippen LogP contribution in [0, 0.1) is 0 Å². The number of nitrogens with zero attached hydrogens (tertiary/aromatic N) is 4. The van der Waals surface area contributed by atoms with E-state index in [0.717, 1.165) is 39.8 Å². The van der Waals surface area contributed by atoms with Crippen molar-refractivity contribution < 1.29 is 4.79 Å². The van der Waals surface area contributed by atoms with Crippen LogP contribution in [0.5, 0.6) is 0 Å². The van der Waals surface area contributed by atoms with Crippen molar-refractivity contribution in [3.05, 3.63) is 89.5 Å². The summed E-state index contributed by atoms with van der Waals surface area (Å²) in [5.74, 6) is 1.39. The lowest BCUT2D eigenvalue weighted by Crippen LogP contribution is -2.27. The second kappa shape index (κ2) is 9.47. The van der Waals surface area contributed by atoms with Gasteiger partial charge in [-0.1, -0.05) is 18.2 Å². The second-order valence-corrected chi connectivity index (χ2v) is 8.90. The molecular formula is C27H28N6O. The van der Waals surface area contributed by atoms with Crippen molar-refractivity contribution in [3.63, 3.8) is 0 Å². The summed E-state index contributed by atoms with van der Waals surface area (Å²) in [6.07, 6.45) is 10.1. The fourth-order valence-electron chi connectivity index (χ4n) is 4.55. The van der Waals surface area contributed by atoms with Gasteiger partial charge >= 0.3 is 0 Å². The first-order valence-electron chi connectivity index (χ1n) is 11.6. The van der Waals surface area contributed by atoms with Gasteiger partial charge in [-0.05, 0) is 66.1 Å². The minimum atomic E-state index is -0.153. The highest BCUT2D eigenvalue weighted by Gasteiger charge is 2.21. The SMILES string of the molecule is CC1CCCN1c1ccc(Cc2cncc(C(=O)NCc3ccc4c(N)nccc4c3)c2)cn1. The highest BCUT2D eigenvalue weighted by molar-refractivity contribution is 5.94. The number of benzene rings is 1. The van der Waals surface area contributed by atoms with E-state index in [4.69, 9.17) is 5.73 Å². The number of rotatable bonds is 6. The quantitative estimate of drug-likeness (QED) is 0.457. The van der Waals surface area contributed by atoms with Crippen LogP contribution >= 0.6 is 0 Å². The van der Waals surface area contributed by atoms with E-state index in [2.05, 4.69) is 44.2 Å². The molecule has 5 rings (SSSR count). The van der Waals surface area contributed by atoms with Crippen molar-refractivity contribution in [2.75, 3.05) is 17.2 Å². The van der Waals surface area contributed by atoms with Crippen molar-refractivity contribution in [2.45, 2.75) is 38.8 Å². The minimum absolute atomic E-state index is 0.153. The van der Waals surface area contributed by atoms with Gasteiger partial charge in [0.1, 0.15) is 11.6 Å². The fraction of sp³-hybridized carbons (Fsp3) is 0.259. The minimum Gasteiger partial charge on any atom is -0.383 e. The molecule has 1 aliphatic rings. The van der Waals surface area contributed by atoms with Crippen LogP contribution < -0.4 is 16.0 Å². The number of anilines is 2. The number of nitrogens with two attached hydrogens (primary N) is 1. The topological polar surface area (TPSA) is 97.0 Å². The predicted molar refractivity (Wildman–Crippen MR) is 135 cm³/mol. The van der Waals surface area contributed by atoms with E-state index in [-0.39, 0.29) is 5.91 Å². The zero-order valence-electron chi connectivity index (χ0n) is 19.2. The van der Waals surface area contributed by atoms with E-state index in [0.29, 0.717) is 30.4 Å². The molecule has 1 unspecified atom stereocenters. The number of aromatic nitrogens is 3. The summed E-state index contributed by atoms with van der Waals surface area (Å²) in [5, 5.41) is 4.90. The second-order valence-electron chi connectivity index (χ2n) is 8.90. The Hall–Kier alpha value is -4.00. The molecule has 1 fully saturated rings. The number of pyridine rings is 3. The van der Waals surface area contributed by atoms with Gasteiger partial charge in [-0.25, -0.2) is 9.97 Å². The molecule has 0 bridgehead atoms. The standard InChI is InChI=1S/C27H28N6O/c1-18-3-2-10-33(18)25-7-5-19(15-31-25)11-21-13-23(17-29-14-21)27(34)32-16-20-4-6-24-22(12-20)8-9-30-26(24)28/h4-9,12-15,17-18H,2-3,10-11,16H2,1H3,(H2,28,30)(H,32,34). The Morgan fingerprint density at radius 2 is 1.94 bits per heavy atom. The average molecular weight is 453 g/mol. The van der Waals surface area contributed by atoms with Gasteiger partial charge in [-0.15, -0.1) is 0 Å². The molecule has 0 saturated carbocycles. The highest BCUT2D eigenvalue weighted by atomic mass is 16.1. The number of nitrogen functional groups attached to an aromatic ring is 1. The molecule has 1 saturated heterocycles. The van der Waals surface area contributed by atoms with E-state index in [1.54, 1.807) is 18.6 Å². The molecule has 1 aromatic carbocycles. The summed E-state index contributed by atoms with van der Waals surface area (Å²) >= 11 is 0. The van der Waals surface area contributed by atoms with Crippen LogP contribution in [-0.4, -0.2) is 33.4 Å². The molecule has 1 amide bonds. The van der Waals surface area contributed by atoms with E-state index < -0.39 is 0 Å². The van der Waals surface area contributed by atoms with Crippen LogP contribution in [0.15, 0.2) is 67.3 Å². The van der Waals surface area contributed by atoms with Crippen LogP contribution in [0.25, 0.3) is 10.8 Å². The molecule has 0 aliphatic carbocycles. The Bertz CT molecular complexity index is 1320. The number of hydrogen-bond acceptors (Lipinski definition) is 6. The lowest BCUT2D eigenvalue weighted by atomic mass is 10.1. The summed E-state index contributed by atoms with van der Waals surface area (Å²) in [7, 11) is 0. The first kappa shape index (κ1) is 21.8. The Kier molecular flexibility index (Phi) is 6.08. The monoisotopic (exact) mass is 452 g/mol. The Morgan fingerprint density at radius 1 is 1.06 bits per heavy atom. The number of nitrogens with one attached hydrogen (secondary N) is 1. The lowest BCUT2D eigenvalue weighted by Gasteiger charge is -2.22. The van der Waals surface area contributed by atoms with Crippen LogP contribution in [0.3, 0.4) is 0 Å². The van der Waals surface area contributed by atoms with Crippen LogP contribution in [-0.2, 0) is 13.0 Å². The van der Waals surface area contributed by atoms with Crippen LogP contribution in [0.1, 0.15) is 46.8 Å². The molecular weight excluding hydrogens is 424 g/mol. The van der Waals surface area contributed by atoms with Gasteiger partial charge in [-0.2, -0.15) is 0 Å². The summed E-state index contributed by atoms with van der Waals surface area (Å²) in [6, 6.07) is 14.5. The van der Waals surface area contributed by atoms with Crippen LogP contribution in [0.2, 0.25) is 0 Å². The number of carbonyl (C=O) groups is 1. The zero-order chi connectivity index (χ0) is 23.5. The van der Waals surface area contributed by atoms with Gasteiger partial charge in [0.2, 0.25) is 0 Å². The molecule has 34 heavy (non-hydrogen) atoms. The largest absolute Gasteiger partial charge is 0.383 e. The maximum atomic E-state index is 12.8. The highest BCUT2D eigenvalue weighted by Crippen LogP contribution is 2.24. The fourth-order valence-corrected chi connectivity index (χ4v) is 4.55. The van der Waals surface area contributed by atoms with Crippen molar-refractivity contribution in [2.24, 2.45) is 0 Å². The van der Waals surface area contributed by atoms with Gasteiger partial charge in [0, 0.05) is 55.7 Å². The molecule has 3 aromatic heterocycles. The normalized spacial score (nSPS) is 15.6. The Morgan fingerprint density at radius 3 is 2.74 bits per heavy atom. The third-order valence-electron chi connectivity index (χ3n) is 6.43. The van der Waals surface area contributed by atoms with Gasteiger partial charge in [0.15, 0.2) is 0 Å². The molecule has 1 aliphatic heterocycles. The van der Waals surface area contributed by atoms with Crippen molar-refractivity contribution >= 4 is 28.3 Å². The smallest absolute Gasteiger partial charge is 0.253 e. The zero-order valence-corrected chi connectivity index (χ0v) is 19.2. The van der Waals surface area contributed by atoms with Crippen molar-refractivity contribution in [1.82, 2.24) is 20.3 Å².